The van der Waals surface area contributed by atoms with E-state index in [-0.39, 0.29) is 6.10 Å². The standard InChI is InChI=1S/C12H16OS/c1-14-7-6-10-8-9-4-2-3-5-11(9)12(10)13/h2-5,10,12-13H,6-8H2,1H3. The molecule has 1 aromatic carbocycles. The number of fused-ring (bicyclic) bond motifs is 1. The molecule has 0 bridgehead atoms. The summed E-state index contributed by atoms with van der Waals surface area (Å²) in [7, 11) is 0. The van der Waals surface area contributed by atoms with Gasteiger partial charge in [0.2, 0.25) is 0 Å². The van der Waals surface area contributed by atoms with Gasteiger partial charge in [-0.3, -0.25) is 0 Å². The summed E-state index contributed by atoms with van der Waals surface area (Å²) in [6.07, 6.45) is 4.07. The van der Waals surface area contributed by atoms with Crippen LogP contribution in [0, 0.1) is 5.92 Å². The summed E-state index contributed by atoms with van der Waals surface area (Å²) in [5.41, 5.74) is 2.49. The minimum absolute atomic E-state index is 0.224. The monoisotopic (exact) mass is 208 g/mol. The van der Waals surface area contributed by atoms with Gasteiger partial charge in [-0.05, 0) is 41.9 Å². The van der Waals surface area contributed by atoms with Crippen LogP contribution in [0.5, 0.6) is 0 Å². The van der Waals surface area contributed by atoms with Crippen molar-refractivity contribution in [1.29, 1.82) is 0 Å². The molecule has 0 radical (unpaired) electrons. The lowest BCUT2D eigenvalue weighted by molar-refractivity contribution is 0.122. The van der Waals surface area contributed by atoms with Gasteiger partial charge in [0, 0.05) is 0 Å². The molecule has 1 aliphatic rings. The zero-order valence-electron chi connectivity index (χ0n) is 8.44. The molecule has 2 atom stereocenters. The summed E-state index contributed by atoms with van der Waals surface area (Å²) in [5, 5.41) is 10.1. The van der Waals surface area contributed by atoms with E-state index in [1.54, 1.807) is 0 Å². The van der Waals surface area contributed by atoms with Gasteiger partial charge in [0.1, 0.15) is 0 Å². The lowest BCUT2D eigenvalue weighted by Crippen LogP contribution is -2.07. The third kappa shape index (κ3) is 1.82. The lowest BCUT2D eigenvalue weighted by atomic mass is 10.0. The summed E-state index contributed by atoms with van der Waals surface area (Å²) in [6.45, 7) is 0. The second-order valence-corrected chi connectivity index (χ2v) is 4.87. The molecule has 0 aromatic heterocycles. The van der Waals surface area contributed by atoms with Crippen molar-refractivity contribution in [3.63, 3.8) is 0 Å². The number of thioether (sulfide) groups is 1. The van der Waals surface area contributed by atoms with E-state index in [1.165, 1.54) is 5.56 Å². The summed E-state index contributed by atoms with van der Waals surface area (Å²) in [6, 6.07) is 8.26. The third-order valence-electron chi connectivity index (χ3n) is 3.00. The summed E-state index contributed by atoms with van der Waals surface area (Å²) in [4.78, 5) is 0. The van der Waals surface area contributed by atoms with Gasteiger partial charge in [-0.25, -0.2) is 0 Å². The predicted octanol–water partition coefficient (Wildman–Crippen LogP) is 2.65. The number of rotatable bonds is 3. The van der Waals surface area contributed by atoms with Gasteiger partial charge >= 0.3 is 0 Å². The van der Waals surface area contributed by atoms with E-state index in [4.69, 9.17) is 0 Å². The molecule has 0 saturated heterocycles. The first-order valence-corrected chi connectivity index (χ1v) is 6.47. The molecule has 2 unspecified atom stereocenters. The average Bonchev–Trinajstić information content (AvgIpc) is 2.54. The Balaban J connectivity index is 2.09. The van der Waals surface area contributed by atoms with Crippen LogP contribution in [0.4, 0.5) is 0 Å². The maximum atomic E-state index is 10.1. The third-order valence-corrected chi connectivity index (χ3v) is 3.64. The normalized spacial score (nSPS) is 25.0. The molecule has 2 heteroatoms. The van der Waals surface area contributed by atoms with Crippen molar-refractivity contribution in [3.05, 3.63) is 35.4 Å². The van der Waals surface area contributed by atoms with E-state index in [9.17, 15) is 5.11 Å². The summed E-state index contributed by atoms with van der Waals surface area (Å²) >= 11 is 1.86. The van der Waals surface area contributed by atoms with Crippen LogP contribution in [-0.2, 0) is 6.42 Å². The Kier molecular flexibility index (Phi) is 3.14. The first-order chi connectivity index (χ1) is 6.83. The Bertz CT molecular complexity index is 311. The van der Waals surface area contributed by atoms with Crippen molar-refractivity contribution in [2.24, 2.45) is 5.92 Å². The maximum Gasteiger partial charge on any atom is 0.0824 e. The highest BCUT2D eigenvalue weighted by atomic mass is 32.2. The largest absolute Gasteiger partial charge is 0.388 e. The van der Waals surface area contributed by atoms with Gasteiger partial charge in [0.15, 0.2) is 0 Å². The molecule has 1 aliphatic carbocycles. The van der Waals surface area contributed by atoms with Crippen LogP contribution in [0.3, 0.4) is 0 Å². The molecule has 1 aromatic rings. The molecule has 0 spiro atoms. The number of hydrogen-bond donors (Lipinski definition) is 1. The van der Waals surface area contributed by atoms with Crippen LogP contribution in [-0.4, -0.2) is 17.1 Å². The Morgan fingerprint density at radius 2 is 2.21 bits per heavy atom. The minimum Gasteiger partial charge on any atom is -0.388 e. The van der Waals surface area contributed by atoms with E-state index in [1.807, 2.05) is 17.8 Å². The van der Waals surface area contributed by atoms with Crippen LogP contribution in [0.1, 0.15) is 23.7 Å². The van der Waals surface area contributed by atoms with Gasteiger partial charge in [-0.2, -0.15) is 11.8 Å². The van der Waals surface area contributed by atoms with E-state index < -0.39 is 0 Å². The van der Waals surface area contributed by atoms with E-state index in [0.717, 1.165) is 24.2 Å². The fourth-order valence-corrected chi connectivity index (χ4v) is 2.72. The molecule has 0 amide bonds. The van der Waals surface area contributed by atoms with Crippen molar-refractivity contribution in [2.75, 3.05) is 12.0 Å². The lowest BCUT2D eigenvalue weighted by Gasteiger charge is -2.13. The SMILES string of the molecule is CSCCC1Cc2ccccc2C1O. The Morgan fingerprint density at radius 1 is 1.43 bits per heavy atom. The van der Waals surface area contributed by atoms with Crippen LogP contribution in [0.25, 0.3) is 0 Å². The quantitative estimate of drug-likeness (QED) is 0.824. The van der Waals surface area contributed by atoms with Gasteiger partial charge in [-0.1, -0.05) is 24.3 Å². The molecule has 0 fully saturated rings. The fraction of sp³-hybridized carbons (Fsp3) is 0.500. The van der Waals surface area contributed by atoms with Crippen molar-refractivity contribution < 1.29 is 5.11 Å². The van der Waals surface area contributed by atoms with Gasteiger partial charge in [-0.15, -0.1) is 0 Å². The predicted molar refractivity (Wildman–Crippen MR) is 61.6 cm³/mol. The fourth-order valence-electron chi connectivity index (χ4n) is 2.19. The number of hydrogen-bond acceptors (Lipinski definition) is 2. The molecule has 0 aliphatic heterocycles. The van der Waals surface area contributed by atoms with Crippen molar-refractivity contribution in [2.45, 2.75) is 18.9 Å². The van der Waals surface area contributed by atoms with Gasteiger partial charge < -0.3 is 5.11 Å². The van der Waals surface area contributed by atoms with E-state index >= 15 is 0 Å². The molecule has 0 heterocycles. The molecule has 1 N–H and O–H groups in total. The average molecular weight is 208 g/mol. The molecular formula is C12H16OS. The second-order valence-electron chi connectivity index (χ2n) is 3.89. The van der Waals surface area contributed by atoms with Gasteiger partial charge in [0.25, 0.3) is 0 Å². The maximum absolute atomic E-state index is 10.1. The van der Waals surface area contributed by atoms with Crippen molar-refractivity contribution in [1.82, 2.24) is 0 Å². The first-order valence-electron chi connectivity index (χ1n) is 5.07. The smallest absolute Gasteiger partial charge is 0.0824 e. The van der Waals surface area contributed by atoms with Gasteiger partial charge in [0.05, 0.1) is 6.10 Å². The number of aliphatic hydroxyl groups is 1. The number of aliphatic hydroxyl groups excluding tert-OH is 1. The highest BCUT2D eigenvalue weighted by Crippen LogP contribution is 2.37. The Labute approximate surface area is 89.5 Å². The van der Waals surface area contributed by atoms with Crippen molar-refractivity contribution >= 4 is 11.8 Å². The van der Waals surface area contributed by atoms with E-state index in [2.05, 4.69) is 24.5 Å². The topological polar surface area (TPSA) is 20.2 Å². The molecular weight excluding hydrogens is 192 g/mol. The minimum atomic E-state index is -0.224. The van der Waals surface area contributed by atoms with Crippen LogP contribution in [0.2, 0.25) is 0 Å². The zero-order valence-corrected chi connectivity index (χ0v) is 9.26. The highest BCUT2D eigenvalue weighted by Gasteiger charge is 2.29. The molecule has 1 nitrogen and oxygen atoms in total. The van der Waals surface area contributed by atoms with Crippen molar-refractivity contribution in [3.8, 4) is 0 Å². The van der Waals surface area contributed by atoms with E-state index in [0.29, 0.717) is 5.92 Å². The Hall–Kier alpha value is -0.470. The molecule has 0 saturated carbocycles. The first kappa shape index (κ1) is 10.1. The number of benzene rings is 1. The second kappa shape index (κ2) is 4.37. The summed E-state index contributed by atoms with van der Waals surface area (Å²) < 4.78 is 0. The molecule has 14 heavy (non-hydrogen) atoms. The van der Waals surface area contributed by atoms with Crippen LogP contribution < -0.4 is 0 Å². The molecule has 2 rings (SSSR count). The summed E-state index contributed by atoms with van der Waals surface area (Å²) in [5.74, 6) is 1.59. The Morgan fingerprint density at radius 3 is 2.93 bits per heavy atom. The molecule has 76 valence electrons. The van der Waals surface area contributed by atoms with Crippen LogP contribution in [0.15, 0.2) is 24.3 Å². The zero-order chi connectivity index (χ0) is 9.97. The van der Waals surface area contributed by atoms with Crippen LogP contribution >= 0.6 is 11.8 Å². The highest BCUT2D eigenvalue weighted by molar-refractivity contribution is 7.98.